The molecule has 1 fully saturated rings. The number of carbonyl (C=O) groups is 2. The largest absolute Gasteiger partial charge is 0.507 e. The molecule has 0 aliphatic carbocycles. The molecule has 6 heteroatoms. The smallest absolute Gasteiger partial charge is 0.293 e. The summed E-state index contributed by atoms with van der Waals surface area (Å²) in [5.41, 5.74) is 0.744. The first-order chi connectivity index (χ1) is 7.99. The number of thioether (sulfide) groups is 1. The summed E-state index contributed by atoms with van der Waals surface area (Å²) in [4.78, 5) is 24.4. The second-order valence-corrected chi connectivity index (χ2v) is 5.30. The lowest BCUT2D eigenvalue weighted by molar-refractivity contribution is -0.121. The first-order valence-electron chi connectivity index (χ1n) is 4.69. The number of hydrogen-bond donors (Lipinski definition) is 1. The minimum absolute atomic E-state index is 0.130. The third kappa shape index (κ3) is 2.37. The van der Waals surface area contributed by atoms with Crippen LogP contribution in [0.15, 0.2) is 27.6 Å². The molecule has 0 atom stereocenters. The zero-order valence-electron chi connectivity index (χ0n) is 8.81. The average Bonchev–Trinajstić information content (AvgIpc) is 2.52. The van der Waals surface area contributed by atoms with Crippen LogP contribution >= 0.6 is 27.7 Å². The number of aromatic hydroxyl groups is 1. The maximum Gasteiger partial charge on any atom is 0.293 e. The summed E-state index contributed by atoms with van der Waals surface area (Å²) in [6, 6.07) is 4.87. The Labute approximate surface area is 110 Å². The number of carbonyl (C=O) groups excluding carboxylic acids is 2. The molecule has 0 bridgehead atoms. The number of amides is 2. The van der Waals surface area contributed by atoms with E-state index in [1.54, 1.807) is 18.2 Å². The van der Waals surface area contributed by atoms with Gasteiger partial charge in [0.1, 0.15) is 5.75 Å². The summed E-state index contributed by atoms with van der Waals surface area (Å²) >= 11 is 4.09. The standard InChI is InChI=1S/C11H8BrNO3S/c1-13-10(15)9(17-11(13)16)5-6-2-3-8(14)7(12)4-6/h2-5,14H,1H3/b9-5-. The lowest BCUT2D eigenvalue weighted by atomic mass is 10.2. The predicted octanol–water partition coefficient (Wildman–Crippen LogP) is 2.82. The monoisotopic (exact) mass is 313 g/mol. The molecule has 1 aliphatic rings. The van der Waals surface area contributed by atoms with Crippen LogP contribution in [0.1, 0.15) is 5.56 Å². The van der Waals surface area contributed by atoms with E-state index in [0.717, 1.165) is 22.2 Å². The summed E-state index contributed by atoms with van der Waals surface area (Å²) in [7, 11) is 1.45. The molecule has 0 spiro atoms. The number of nitrogens with zero attached hydrogens (tertiary/aromatic N) is 1. The van der Waals surface area contributed by atoms with Gasteiger partial charge in [-0.05, 0) is 51.5 Å². The Bertz CT molecular complexity index is 542. The Morgan fingerprint density at radius 1 is 1.41 bits per heavy atom. The number of likely N-dealkylation sites (N-methyl/N-ethyl adjacent to an activating group) is 1. The zero-order chi connectivity index (χ0) is 12.6. The van der Waals surface area contributed by atoms with Gasteiger partial charge in [-0.1, -0.05) is 6.07 Å². The van der Waals surface area contributed by atoms with Crippen molar-refractivity contribution in [2.45, 2.75) is 0 Å². The van der Waals surface area contributed by atoms with Gasteiger partial charge in [0.05, 0.1) is 9.38 Å². The van der Waals surface area contributed by atoms with Crippen molar-refractivity contribution in [3.63, 3.8) is 0 Å². The second-order valence-electron chi connectivity index (χ2n) is 3.45. The lowest BCUT2D eigenvalue weighted by Crippen LogP contribution is -2.22. The third-order valence-corrected chi connectivity index (χ3v) is 3.85. The van der Waals surface area contributed by atoms with Gasteiger partial charge in [0, 0.05) is 7.05 Å². The van der Waals surface area contributed by atoms with Gasteiger partial charge in [0.2, 0.25) is 0 Å². The van der Waals surface area contributed by atoms with Gasteiger partial charge < -0.3 is 5.11 Å². The molecule has 1 N–H and O–H groups in total. The highest BCUT2D eigenvalue weighted by molar-refractivity contribution is 9.10. The molecule has 2 rings (SSSR count). The van der Waals surface area contributed by atoms with Gasteiger partial charge >= 0.3 is 0 Å². The summed E-state index contributed by atoms with van der Waals surface area (Å²) in [5.74, 6) is -0.171. The van der Waals surface area contributed by atoms with Gasteiger partial charge in [-0.15, -0.1) is 0 Å². The Kier molecular flexibility index (Phi) is 3.26. The van der Waals surface area contributed by atoms with E-state index in [1.807, 2.05) is 0 Å². The molecule has 0 unspecified atom stereocenters. The van der Waals surface area contributed by atoms with Crippen molar-refractivity contribution in [3.8, 4) is 5.75 Å². The Hall–Kier alpha value is -1.27. The highest BCUT2D eigenvalue weighted by atomic mass is 79.9. The van der Waals surface area contributed by atoms with Crippen molar-refractivity contribution >= 4 is 44.9 Å². The van der Waals surface area contributed by atoms with Crippen LogP contribution in [0.2, 0.25) is 0 Å². The van der Waals surface area contributed by atoms with E-state index in [1.165, 1.54) is 13.1 Å². The molecule has 1 aliphatic heterocycles. The predicted molar refractivity (Wildman–Crippen MR) is 69.5 cm³/mol. The van der Waals surface area contributed by atoms with Gasteiger partial charge in [0.15, 0.2) is 0 Å². The fraction of sp³-hybridized carbons (Fsp3) is 0.0909. The lowest BCUT2D eigenvalue weighted by Gasteiger charge is -2.01. The van der Waals surface area contributed by atoms with Crippen LogP contribution < -0.4 is 0 Å². The van der Waals surface area contributed by atoms with Gasteiger partial charge in [0.25, 0.3) is 11.1 Å². The highest BCUT2D eigenvalue weighted by Crippen LogP contribution is 2.32. The molecule has 1 heterocycles. The molecule has 1 aromatic rings. The molecular formula is C11H8BrNO3S. The van der Waals surface area contributed by atoms with Crippen LogP contribution in [-0.4, -0.2) is 28.2 Å². The van der Waals surface area contributed by atoms with E-state index in [4.69, 9.17) is 0 Å². The normalized spacial score (nSPS) is 18.2. The van der Waals surface area contributed by atoms with Crippen molar-refractivity contribution in [3.05, 3.63) is 33.1 Å². The number of phenolic OH excluding ortho intramolecular Hbond substituents is 1. The summed E-state index contributed by atoms with van der Waals surface area (Å²) < 4.78 is 0.543. The molecule has 2 amide bonds. The van der Waals surface area contributed by atoms with Crippen LogP contribution in [0.25, 0.3) is 6.08 Å². The topological polar surface area (TPSA) is 57.6 Å². The van der Waals surface area contributed by atoms with E-state index in [9.17, 15) is 14.7 Å². The number of phenols is 1. The van der Waals surface area contributed by atoms with Crippen LogP contribution in [0.4, 0.5) is 4.79 Å². The molecule has 0 aromatic heterocycles. The first kappa shape index (κ1) is 12.2. The maximum atomic E-state index is 11.6. The number of rotatable bonds is 1. The Balaban J connectivity index is 2.34. The number of imide groups is 1. The van der Waals surface area contributed by atoms with Gasteiger partial charge in [-0.2, -0.15) is 0 Å². The van der Waals surface area contributed by atoms with Gasteiger partial charge in [-0.3, -0.25) is 14.5 Å². The highest BCUT2D eigenvalue weighted by Gasteiger charge is 2.31. The van der Waals surface area contributed by atoms with Crippen molar-refractivity contribution < 1.29 is 14.7 Å². The SMILES string of the molecule is CN1C(=O)S/C(=C\c2ccc(O)c(Br)c2)C1=O. The average molecular weight is 314 g/mol. The molecule has 1 saturated heterocycles. The first-order valence-corrected chi connectivity index (χ1v) is 6.30. The molecule has 0 radical (unpaired) electrons. The van der Waals surface area contributed by atoms with Crippen LogP contribution in [0.5, 0.6) is 5.75 Å². The van der Waals surface area contributed by atoms with Crippen molar-refractivity contribution in [2.75, 3.05) is 7.05 Å². The van der Waals surface area contributed by atoms with E-state index in [2.05, 4.69) is 15.9 Å². The van der Waals surface area contributed by atoms with Crippen LogP contribution in [-0.2, 0) is 4.79 Å². The van der Waals surface area contributed by atoms with E-state index in [0.29, 0.717) is 9.38 Å². The van der Waals surface area contributed by atoms with Crippen molar-refractivity contribution in [1.29, 1.82) is 0 Å². The van der Waals surface area contributed by atoms with E-state index < -0.39 is 0 Å². The number of benzene rings is 1. The van der Waals surface area contributed by atoms with Crippen molar-refractivity contribution in [1.82, 2.24) is 4.90 Å². The number of halogens is 1. The molecule has 88 valence electrons. The molecule has 1 aromatic carbocycles. The fourth-order valence-electron chi connectivity index (χ4n) is 1.31. The minimum Gasteiger partial charge on any atom is -0.507 e. The molecule has 0 saturated carbocycles. The van der Waals surface area contributed by atoms with Crippen molar-refractivity contribution in [2.24, 2.45) is 0 Å². The molecular weight excluding hydrogens is 306 g/mol. The summed E-state index contributed by atoms with van der Waals surface area (Å²) in [6.07, 6.45) is 1.62. The van der Waals surface area contributed by atoms with E-state index >= 15 is 0 Å². The van der Waals surface area contributed by atoms with E-state index in [-0.39, 0.29) is 16.9 Å². The van der Waals surface area contributed by atoms with Crippen LogP contribution in [0, 0.1) is 0 Å². The minimum atomic E-state index is -0.302. The number of hydrogen-bond acceptors (Lipinski definition) is 4. The quantitative estimate of drug-likeness (QED) is 0.810. The zero-order valence-corrected chi connectivity index (χ0v) is 11.2. The fourth-order valence-corrected chi connectivity index (χ4v) is 2.53. The Morgan fingerprint density at radius 2 is 2.12 bits per heavy atom. The molecule has 4 nitrogen and oxygen atoms in total. The van der Waals surface area contributed by atoms with Crippen LogP contribution in [0.3, 0.4) is 0 Å². The van der Waals surface area contributed by atoms with Gasteiger partial charge in [-0.25, -0.2) is 0 Å². The summed E-state index contributed by atoms with van der Waals surface area (Å²) in [5, 5.41) is 9.06. The molecule has 17 heavy (non-hydrogen) atoms. The maximum absolute atomic E-state index is 11.6. The summed E-state index contributed by atoms with van der Waals surface area (Å²) in [6.45, 7) is 0. The Morgan fingerprint density at radius 3 is 2.65 bits per heavy atom. The second kappa shape index (κ2) is 4.54. The third-order valence-electron chi connectivity index (χ3n) is 2.26.